The molecule has 202 valence electrons. The lowest BCUT2D eigenvalue weighted by Gasteiger charge is -2.17. The van der Waals surface area contributed by atoms with E-state index in [0.29, 0.717) is 27.9 Å². The molecule has 2 N–H and O–H groups in total. The number of anilines is 2. The minimum absolute atomic E-state index is 0.160. The number of aromatic nitrogens is 1. The van der Waals surface area contributed by atoms with E-state index in [1.807, 2.05) is 61.5 Å². The van der Waals surface area contributed by atoms with Gasteiger partial charge in [-0.05, 0) is 66.6 Å². The summed E-state index contributed by atoms with van der Waals surface area (Å²) >= 11 is 2.89. The van der Waals surface area contributed by atoms with Crippen LogP contribution in [0.4, 0.5) is 10.8 Å². The second kappa shape index (κ2) is 12.2. The normalized spacial score (nSPS) is 11.6. The van der Waals surface area contributed by atoms with E-state index in [0.717, 1.165) is 26.2 Å². The fourth-order valence-electron chi connectivity index (χ4n) is 4.18. The van der Waals surface area contributed by atoms with Gasteiger partial charge in [-0.15, -0.1) is 11.8 Å². The second-order valence-corrected chi connectivity index (χ2v) is 11.1. The topological polar surface area (TPSA) is 89.5 Å². The molecule has 1 heterocycles. The molecule has 1 aromatic heterocycles. The first-order valence-electron chi connectivity index (χ1n) is 12.5. The molecule has 4 aromatic carbocycles. The zero-order valence-electron chi connectivity index (χ0n) is 22.1. The first-order valence-corrected chi connectivity index (χ1v) is 14.2. The van der Waals surface area contributed by atoms with E-state index in [2.05, 4.69) is 21.7 Å². The van der Waals surface area contributed by atoms with E-state index >= 15 is 0 Å². The Bertz CT molecular complexity index is 1630. The van der Waals surface area contributed by atoms with Gasteiger partial charge < -0.3 is 20.1 Å². The molecule has 0 saturated heterocycles. The predicted octanol–water partition coefficient (Wildman–Crippen LogP) is 7.35. The molecular formula is C31H27N3O4S2. The number of methoxy groups -OCH3 is 2. The van der Waals surface area contributed by atoms with E-state index < -0.39 is 5.25 Å². The van der Waals surface area contributed by atoms with Gasteiger partial charge in [0.05, 0.1) is 24.4 Å². The summed E-state index contributed by atoms with van der Waals surface area (Å²) < 4.78 is 11.7. The first-order chi connectivity index (χ1) is 19.4. The molecule has 9 heteroatoms. The third-order valence-electron chi connectivity index (χ3n) is 6.14. The fraction of sp³-hybridized carbons (Fsp3) is 0.129. The summed E-state index contributed by atoms with van der Waals surface area (Å²) in [6, 6.07) is 28.2. The van der Waals surface area contributed by atoms with Gasteiger partial charge in [0, 0.05) is 10.6 Å². The minimum Gasteiger partial charge on any atom is -0.496 e. The van der Waals surface area contributed by atoms with Crippen LogP contribution in [0.15, 0.2) is 95.9 Å². The van der Waals surface area contributed by atoms with Crippen LogP contribution in [0, 0.1) is 6.92 Å². The zero-order valence-corrected chi connectivity index (χ0v) is 23.8. The van der Waals surface area contributed by atoms with Crippen LogP contribution in [0.2, 0.25) is 0 Å². The third-order valence-corrected chi connectivity index (χ3v) is 8.34. The Labute approximate surface area is 240 Å². The number of ether oxygens (including phenoxy) is 2. The van der Waals surface area contributed by atoms with Crippen LogP contribution in [0.3, 0.4) is 0 Å². The van der Waals surface area contributed by atoms with E-state index in [1.54, 1.807) is 30.3 Å². The van der Waals surface area contributed by atoms with Crippen LogP contribution >= 0.6 is 23.1 Å². The maximum absolute atomic E-state index is 13.5. The van der Waals surface area contributed by atoms with Gasteiger partial charge in [0.1, 0.15) is 22.3 Å². The molecule has 0 aliphatic rings. The van der Waals surface area contributed by atoms with Gasteiger partial charge in [0.2, 0.25) is 5.91 Å². The number of aryl methyl sites for hydroxylation is 1. The summed E-state index contributed by atoms with van der Waals surface area (Å²) in [5, 5.41) is 5.97. The van der Waals surface area contributed by atoms with E-state index in [4.69, 9.17) is 9.47 Å². The van der Waals surface area contributed by atoms with Crippen LogP contribution in [0.1, 0.15) is 26.7 Å². The molecule has 0 radical (unpaired) electrons. The van der Waals surface area contributed by atoms with Gasteiger partial charge in [0.15, 0.2) is 5.13 Å². The molecule has 5 aromatic rings. The number of rotatable bonds is 9. The molecule has 40 heavy (non-hydrogen) atoms. The molecule has 1 unspecified atom stereocenters. The standard InChI is InChI=1S/C31H27N3O4S2/c1-19-12-17-23-26(18-19)40-31(33-23)34-30(36)28(20-8-5-4-6-9-20)39-22-15-13-21(14-16-22)32-29(35)27-24(37-2)10-7-11-25(27)38-3/h4-18,28H,1-3H3,(H,32,35)(H,33,34,36). The van der Waals surface area contributed by atoms with Crippen molar-refractivity contribution in [3.05, 3.63) is 108 Å². The maximum Gasteiger partial charge on any atom is 0.263 e. The third kappa shape index (κ3) is 6.11. The highest BCUT2D eigenvalue weighted by Crippen LogP contribution is 2.38. The highest BCUT2D eigenvalue weighted by molar-refractivity contribution is 8.00. The van der Waals surface area contributed by atoms with Crippen LogP contribution in [-0.4, -0.2) is 31.0 Å². The van der Waals surface area contributed by atoms with Crippen molar-refractivity contribution in [2.24, 2.45) is 0 Å². The number of nitrogens with zero attached hydrogens (tertiary/aromatic N) is 1. The number of carbonyl (C=O) groups excluding carboxylic acids is 2. The molecule has 0 aliphatic heterocycles. The number of carbonyl (C=O) groups is 2. The Morgan fingerprint density at radius 3 is 2.23 bits per heavy atom. The Hall–Kier alpha value is -4.34. The van der Waals surface area contributed by atoms with Gasteiger partial charge in [-0.3, -0.25) is 9.59 Å². The average molecular weight is 570 g/mol. The molecule has 0 aliphatic carbocycles. The van der Waals surface area contributed by atoms with Crippen molar-refractivity contribution in [3.63, 3.8) is 0 Å². The molecule has 1 atom stereocenters. The lowest BCUT2D eigenvalue weighted by molar-refractivity contribution is -0.115. The number of fused-ring (bicyclic) bond motifs is 1. The molecule has 2 amide bonds. The number of thioether (sulfide) groups is 1. The molecule has 5 rings (SSSR count). The lowest BCUT2D eigenvalue weighted by Crippen LogP contribution is -2.19. The van der Waals surface area contributed by atoms with Gasteiger partial charge in [-0.2, -0.15) is 0 Å². The van der Waals surface area contributed by atoms with Gasteiger partial charge in [-0.1, -0.05) is 53.8 Å². The van der Waals surface area contributed by atoms with Crippen LogP contribution in [0.5, 0.6) is 11.5 Å². The summed E-state index contributed by atoms with van der Waals surface area (Å²) in [7, 11) is 3.02. The van der Waals surface area contributed by atoms with Gasteiger partial charge in [-0.25, -0.2) is 4.98 Å². The summed E-state index contributed by atoms with van der Waals surface area (Å²) in [5.74, 6) is 0.336. The van der Waals surface area contributed by atoms with E-state index in [9.17, 15) is 9.59 Å². The van der Waals surface area contributed by atoms with Crippen molar-refractivity contribution in [1.82, 2.24) is 4.98 Å². The molecule has 0 bridgehead atoms. The SMILES string of the molecule is COc1cccc(OC)c1C(=O)Nc1ccc(SC(C(=O)Nc2nc3ccc(C)cc3s2)c2ccccc2)cc1. The molecular weight excluding hydrogens is 542 g/mol. The number of hydrogen-bond acceptors (Lipinski definition) is 7. The average Bonchev–Trinajstić information content (AvgIpc) is 3.37. The Morgan fingerprint density at radius 2 is 1.55 bits per heavy atom. The molecule has 0 fully saturated rings. The Balaban J connectivity index is 1.33. The van der Waals surface area contributed by atoms with Gasteiger partial charge >= 0.3 is 0 Å². The number of amides is 2. The molecule has 7 nitrogen and oxygen atoms in total. The maximum atomic E-state index is 13.5. The summed E-state index contributed by atoms with van der Waals surface area (Å²) in [6.45, 7) is 2.03. The quantitative estimate of drug-likeness (QED) is 0.181. The first kappa shape index (κ1) is 27.2. The Kier molecular flexibility index (Phi) is 8.33. The van der Waals surface area contributed by atoms with Crippen LogP contribution in [0.25, 0.3) is 10.2 Å². The summed E-state index contributed by atoms with van der Waals surface area (Å²) in [5.41, 5.74) is 3.80. The number of thiazole rings is 1. The number of hydrogen-bond donors (Lipinski definition) is 2. The highest BCUT2D eigenvalue weighted by atomic mass is 32.2. The zero-order chi connectivity index (χ0) is 28.1. The predicted molar refractivity (Wildman–Crippen MR) is 162 cm³/mol. The van der Waals surface area contributed by atoms with Crippen molar-refractivity contribution in [2.45, 2.75) is 17.1 Å². The van der Waals surface area contributed by atoms with Crippen LogP contribution in [-0.2, 0) is 4.79 Å². The minimum atomic E-state index is -0.506. The molecule has 0 saturated carbocycles. The van der Waals surface area contributed by atoms with Gasteiger partial charge in [0.25, 0.3) is 5.91 Å². The lowest BCUT2D eigenvalue weighted by atomic mass is 10.1. The summed E-state index contributed by atoms with van der Waals surface area (Å²) in [4.78, 5) is 32.0. The van der Waals surface area contributed by atoms with Crippen molar-refractivity contribution >= 4 is 55.9 Å². The second-order valence-electron chi connectivity index (χ2n) is 8.90. The van der Waals surface area contributed by atoms with E-state index in [-0.39, 0.29) is 11.8 Å². The number of nitrogens with one attached hydrogen (secondary N) is 2. The van der Waals surface area contributed by atoms with Crippen LogP contribution < -0.4 is 20.1 Å². The highest BCUT2D eigenvalue weighted by Gasteiger charge is 2.24. The molecule has 0 spiro atoms. The van der Waals surface area contributed by atoms with Crippen molar-refractivity contribution in [1.29, 1.82) is 0 Å². The Morgan fingerprint density at radius 1 is 0.850 bits per heavy atom. The van der Waals surface area contributed by atoms with Crippen molar-refractivity contribution in [2.75, 3.05) is 24.9 Å². The fourth-order valence-corrected chi connectivity index (χ4v) is 6.17. The largest absolute Gasteiger partial charge is 0.496 e. The smallest absolute Gasteiger partial charge is 0.263 e. The monoisotopic (exact) mass is 569 g/mol. The van der Waals surface area contributed by atoms with Crippen molar-refractivity contribution < 1.29 is 19.1 Å². The van der Waals surface area contributed by atoms with E-state index in [1.165, 1.54) is 37.3 Å². The number of benzene rings is 4. The summed E-state index contributed by atoms with van der Waals surface area (Å²) in [6.07, 6.45) is 0. The van der Waals surface area contributed by atoms with Crippen molar-refractivity contribution in [3.8, 4) is 11.5 Å².